The van der Waals surface area contributed by atoms with Crippen molar-refractivity contribution in [1.29, 1.82) is 0 Å². The molecule has 0 aliphatic carbocycles. The number of halogens is 2. The molecule has 1 amide bonds. The molecule has 1 fully saturated rings. The Labute approximate surface area is 145 Å². The molecule has 0 spiro atoms. The summed E-state index contributed by atoms with van der Waals surface area (Å²) in [6, 6.07) is 3.38. The molecule has 1 unspecified atom stereocenters. The quantitative estimate of drug-likeness (QED) is 0.785. The molecule has 0 saturated carbocycles. The lowest BCUT2D eigenvalue weighted by Gasteiger charge is -2.21. The molecule has 3 atom stereocenters. The first-order valence-electron chi connectivity index (χ1n) is 8.03. The fourth-order valence-corrected chi connectivity index (χ4v) is 2.94. The van der Waals surface area contributed by atoms with Gasteiger partial charge in [0.05, 0.1) is 17.0 Å². The van der Waals surface area contributed by atoms with Gasteiger partial charge in [-0.1, -0.05) is 37.4 Å². The number of aliphatic carboxylic acids is 1. The number of rotatable bonds is 7. The van der Waals surface area contributed by atoms with E-state index < -0.39 is 29.9 Å². The molecule has 0 radical (unpaired) electrons. The van der Waals surface area contributed by atoms with Gasteiger partial charge in [0.25, 0.3) is 0 Å². The summed E-state index contributed by atoms with van der Waals surface area (Å²) in [6.45, 7) is 2.32. The van der Waals surface area contributed by atoms with E-state index in [1.165, 1.54) is 12.1 Å². The Bertz CT molecular complexity index is 610. The zero-order valence-corrected chi connectivity index (χ0v) is 14.2. The largest absolute Gasteiger partial charge is 0.480 e. The Hall–Kier alpha value is -1.66. The highest BCUT2D eigenvalue weighted by molar-refractivity contribution is 6.30. The fraction of sp³-hybridized carbons (Fsp3) is 0.529. The molecule has 1 aliphatic heterocycles. The number of carboxylic acid groups (broad SMARTS) is 1. The summed E-state index contributed by atoms with van der Waals surface area (Å²) < 4.78 is 19.2. The predicted octanol–water partition coefficient (Wildman–Crippen LogP) is 3.32. The van der Waals surface area contributed by atoms with Gasteiger partial charge in [0.15, 0.2) is 0 Å². The van der Waals surface area contributed by atoms with Crippen LogP contribution in [0.3, 0.4) is 0 Å². The van der Waals surface area contributed by atoms with Crippen molar-refractivity contribution in [2.75, 3.05) is 6.61 Å². The summed E-state index contributed by atoms with van der Waals surface area (Å²) >= 11 is 5.68. The van der Waals surface area contributed by atoms with E-state index in [-0.39, 0.29) is 10.9 Å². The monoisotopic (exact) mass is 357 g/mol. The zero-order valence-electron chi connectivity index (χ0n) is 13.4. The van der Waals surface area contributed by atoms with Crippen LogP contribution in [0.2, 0.25) is 5.02 Å². The SMILES string of the molecule is CCCCC(NC(=O)[C@@H]1CCO[C@H]1c1ccc(Cl)c(F)c1)C(=O)O. The highest BCUT2D eigenvalue weighted by Crippen LogP contribution is 2.36. The van der Waals surface area contributed by atoms with Crippen molar-refractivity contribution in [3.05, 3.63) is 34.6 Å². The average Bonchev–Trinajstić information content (AvgIpc) is 3.03. The van der Waals surface area contributed by atoms with Gasteiger partial charge in [0.2, 0.25) is 5.91 Å². The van der Waals surface area contributed by atoms with Crippen molar-refractivity contribution < 1.29 is 23.8 Å². The molecule has 0 aromatic heterocycles. The molecule has 1 aromatic carbocycles. The maximum Gasteiger partial charge on any atom is 0.326 e. The summed E-state index contributed by atoms with van der Waals surface area (Å²) in [6.07, 6.45) is 1.80. The van der Waals surface area contributed by atoms with Gasteiger partial charge in [-0.05, 0) is 30.5 Å². The van der Waals surface area contributed by atoms with E-state index in [0.29, 0.717) is 31.4 Å². The van der Waals surface area contributed by atoms with Gasteiger partial charge in [0, 0.05) is 6.61 Å². The minimum absolute atomic E-state index is 0.00301. The van der Waals surface area contributed by atoms with E-state index in [1.54, 1.807) is 6.07 Å². The average molecular weight is 358 g/mol. The van der Waals surface area contributed by atoms with E-state index >= 15 is 0 Å². The van der Waals surface area contributed by atoms with Gasteiger partial charge in [0.1, 0.15) is 11.9 Å². The first kappa shape index (κ1) is 18.7. The molecule has 5 nitrogen and oxygen atoms in total. The minimum atomic E-state index is -1.05. The normalized spacial score (nSPS) is 21.5. The lowest BCUT2D eigenvalue weighted by molar-refractivity contribution is -0.143. The summed E-state index contributed by atoms with van der Waals surface area (Å²) in [5, 5.41) is 11.8. The summed E-state index contributed by atoms with van der Waals surface area (Å²) in [5.74, 6) is -2.55. The molecule has 2 N–H and O–H groups in total. The maximum atomic E-state index is 13.7. The Morgan fingerprint density at radius 2 is 2.25 bits per heavy atom. The topological polar surface area (TPSA) is 75.6 Å². The van der Waals surface area contributed by atoms with Crippen LogP contribution in [-0.4, -0.2) is 29.6 Å². The molecule has 2 rings (SSSR count). The first-order chi connectivity index (χ1) is 11.4. The van der Waals surface area contributed by atoms with Gasteiger partial charge < -0.3 is 15.2 Å². The molecule has 24 heavy (non-hydrogen) atoms. The molecule has 132 valence electrons. The molecule has 0 bridgehead atoms. The number of carbonyl (C=O) groups excluding carboxylic acids is 1. The number of hydrogen-bond donors (Lipinski definition) is 2. The number of carbonyl (C=O) groups is 2. The van der Waals surface area contributed by atoms with Gasteiger partial charge >= 0.3 is 5.97 Å². The number of benzene rings is 1. The van der Waals surface area contributed by atoms with Crippen LogP contribution in [0.1, 0.15) is 44.3 Å². The third-order valence-electron chi connectivity index (χ3n) is 4.16. The van der Waals surface area contributed by atoms with E-state index in [1.807, 2.05) is 6.92 Å². The van der Waals surface area contributed by atoms with E-state index in [0.717, 1.165) is 6.42 Å². The van der Waals surface area contributed by atoms with Crippen molar-refractivity contribution in [2.24, 2.45) is 5.92 Å². The maximum absolute atomic E-state index is 13.7. The summed E-state index contributed by atoms with van der Waals surface area (Å²) in [7, 11) is 0. The number of unbranched alkanes of at least 4 members (excludes halogenated alkanes) is 1. The molecular formula is C17H21ClFNO4. The second-order valence-electron chi connectivity index (χ2n) is 5.90. The van der Waals surface area contributed by atoms with E-state index in [9.17, 15) is 19.1 Å². The number of nitrogens with one attached hydrogen (secondary N) is 1. The second-order valence-corrected chi connectivity index (χ2v) is 6.31. The Balaban J connectivity index is 2.09. The first-order valence-corrected chi connectivity index (χ1v) is 8.41. The van der Waals surface area contributed by atoms with Crippen LogP contribution >= 0.6 is 11.6 Å². The van der Waals surface area contributed by atoms with Crippen LogP contribution < -0.4 is 5.32 Å². The molecular weight excluding hydrogens is 337 g/mol. The van der Waals surface area contributed by atoms with E-state index in [2.05, 4.69) is 5.32 Å². The van der Waals surface area contributed by atoms with Gasteiger partial charge in [-0.25, -0.2) is 9.18 Å². The van der Waals surface area contributed by atoms with Crippen LogP contribution in [0, 0.1) is 11.7 Å². The molecule has 1 aromatic rings. The highest BCUT2D eigenvalue weighted by Gasteiger charge is 2.37. The van der Waals surface area contributed by atoms with Crippen LogP contribution in [-0.2, 0) is 14.3 Å². The predicted molar refractivity (Wildman–Crippen MR) is 87.3 cm³/mol. The lowest BCUT2D eigenvalue weighted by atomic mass is 9.94. The number of amides is 1. The third kappa shape index (κ3) is 4.45. The number of carboxylic acids is 1. The van der Waals surface area contributed by atoms with Gasteiger partial charge in [-0.3, -0.25) is 4.79 Å². The van der Waals surface area contributed by atoms with Crippen molar-refractivity contribution in [1.82, 2.24) is 5.32 Å². The Kier molecular flexibility index (Phi) is 6.57. The van der Waals surface area contributed by atoms with Crippen LogP contribution in [0.25, 0.3) is 0 Å². The van der Waals surface area contributed by atoms with E-state index in [4.69, 9.17) is 16.3 Å². The third-order valence-corrected chi connectivity index (χ3v) is 4.47. The minimum Gasteiger partial charge on any atom is -0.480 e. The summed E-state index contributed by atoms with van der Waals surface area (Å²) in [5.41, 5.74) is 0.523. The molecule has 1 heterocycles. The highest BCUT2D eigenvalue weighted by atomic mass is 35.5. The molecule has 7 heteroatoms. The number of hydrogen-bond acceptors (Lipinski definition) is 3. The standard InChI is InChI=1S/C17H21ClFNO4/c1-2-3-4-14(17(22)23)20-16(21)11-7-8-24-15(11)10-5-6-12(18)13(19)9-10/h5-6,9,11,14-15H,2-4,7-8H2,1H3,(H,20,21)(H,22,23)/t11-,14?,15+/m1/s1. The molecule has 1 aliphatic rings. The lowest BCUT2D eigenvalue weighted by Crippen LogP contribution is -2.44. The van der Waals surface area contributed by atoms with Crippen molar-refractivity contribution in [2.45, 2.75) is 44.8 Å². The van der Waals surface area contributed by atoms with Gasteiger partial charge in [-0.15, -0.1) is 0 Å². The van der Waals surface area contributed by atoms with Crippen molar-refractivity contribution in [3.8, 4) is 0 Å². The Morgan fingerprint density at radius 3 is 2.88 bits per heavy atom. The van der Waals surface area contributed by atoms with Gasteiger partial charge in [-0.2, -0.15) is 0 Å². The van der Waals surface area contributed by atoms with Crippen LogP contribution in [0.15, 0.2) is 18.2 Å². The molecule has 1 saturated heterocycles. The van der Waals surface area contributed by atoms with Crippen LogP contribution in [0.4, 0.5) is 4.39 Å². The van der Waals surface area contributed by atoms with Crippen LogP contribution in [0.5, 0.6) is 0 Å². The number of ether oxygens (including phenoxy) is 1. The smallest absolute Gasteiger partial charge is 0.326 e. The fourth-order valence-electron chi connectivity index (χ4n) is 2.82. The Morgan fingerprint density at radius 1 is 1.50 bits per heavy atom. The van der Waals surface area contributed by atoms with Crippen molar-refractivity contribution >= 4 is 23.5 Å². The zero-order chi connectivity index (χ0) is 17.7. The second kappa shape index (κ2) is 8.44. The summed E-state index contributed by atoms with van der Waals surface area (Å²) in [4.78, 5) is 23.8. The van der Waals surface area contributed by atoms with Crippen molar-refractivity contribution in [3.63, 3.8) is 0 Å².